The largest absolute Gasteiger partial charge is 0.342 e. The van der Waals surface area contributed by atoms with Crippen LogP contribution in [-0.2, 0) is 9.59 Å². The number of nitrogens with two attached hydrogens (primary N) is 1. The summed E-state index contributed by atoms with van der Waals surface area (Å²) in [5.41, 5.74) is 6.12. The summed E-state index contributed by atoms with van der Waals surface area (Å²) in [6, 6.07) is -1.06. The molecular weight excluding hydrogens is 222 g/mol. The highest BCUT2D eigenvalue weighted by molar-refractivity contribution is 5.88. The molecule has 92 valence electrons. The van der Waals surface area contributed by atoms with Crippen LogP contribution in [0.25, 0.3) is 0 Å². The fourth-order valence-electron chi connectivity index (χ4n) is 1.04. The van der Waals surface area contributed by atoms with Gasteiger partial charge in [-0.15, -0.1) is 6.42 Å². The van der Waals surface area contributed by atoms with Crippen LogP contribution < -0.4 is 16.5 Å². The van der Waals surface area contributed by atoms with Crippen LogP contribution in [0.2, 0.25) is 0 Å². The molecule has 0 aromatic heterocycles. The SMILES string of the molecule is C#CC#CCC(=O)N[C@H](C(=O)NO)C(C)(C)N. The predicted octanol–water partition coefficient (Wildman–Crippen LogP) is -1.26. The molecule has 0 spiro atoms. The minimum Gasteiger partial charge on any atom is -0.342 e. The smallest absolute Gasteiger partial charge is 0.267 e. The van der Waals surface area contributed by atoms with Crippen LogP contribution in [0.4, 0.5) is 0 Å². The highest BCUT2D eigenvalue weighted by Gasteiger charge is 2.32. The number of hydrogen-bond donors (Lipinski definition) is 4. The van der Waals surface area contributed by atoms with Crippen molar-refractivity contribution in [1.82, 2.24) is 10.8 Å². The van der Waals surface area contributed by atoms with E-state index in [0.717, 1.165) is 0 Å². The average molecular weight is 237 g/mol. The van der Waals surface area contributed by atoms with Crippen LogP contribution in [0, 0.1) is 24.2 Å². The van der Waals surface area contributed by atoms with Gasteiger partial charge in [0, 0.05) is 5.54 Å². The summed E-state index contributed by atoms with van der Waals surface area (Å²) in [5.74, 6) is 5.45. The second-order valence-corrected chi connectivity index (χ2v) is 3.92. The van der Waals surface area contributed by atoms with Crippen molar-refractivity contribution in [1.29, 1.82) is 0 Å². The molecule has 0 rings (SSSR count). The van der Waals surface area contributed by atoms with E-state index in [4.69, 9.17) is 17.4 Å². The summed E-state index contributed by atoms with van der Waals surface area (Å²) in [7, 11) is 0. The van der Waals surface area contributed by atoms with E-state index in [0.29, 0.717) is 0 Å². The molecule has 6 nitrogen and oxygen atoms in total. The van der Waals surface area contributed by atoms with E-state index in [1.807, 2.05) is 0 Å². The Balaban J connectivity index is 4.62. The second-order valence-electron chi connectivity index (χ2n) is 3.92. The molecule has 17 heavy (non-hydrogen) atoms. The standard InChI is InChI=1S/C11H15N3O3/c1-4-5-6-7-8(15)13-9(10(16)14-17)11(2,3)12/h1,9,17H,7,12H2,2-3H3,(H,13,15)(H,14,16)/t9-/m1/s1. The summed E-state index contributed by atoms with van der Waals surface area (Å²) in [4.78, 5) is 22.7. The van der Waals surface area contributed by atoms with Gasteiger partial charge in [0.1, 0.15) is 6.04 Å². The molecular formula is C11H15N3O3. The lowest BCUT2D eigenvalue weighted by Crippen LogP contribution is -2.61. The minimum absolute atomic E-state index is 0.143. The molecule has 0 bridgehead atoms. The lowest BCUT2D eigenvalue weighted by atomic mass is 9.95. The number of carbonyl (C=O) groups is 2. The third-order valence-corrected chi connectivity index (χ3v) is 1.83. The van der Waals surface area contributed by atoms with Crippen LogP contribution in [0.1, 0.15) is 20.3 Å². The van der Waals surface area contributed by atoms with Crippen molar-refractivity contribution in [2.24, 2.45) is 5.73 Å². The van der Waals surface area contributed by atoms with Gasteiger partial charge in [0.15, 0.2) is 0 Å². The summed E-state index contributed by atoms with van der Waals surface area (Å²) in [6.07, 6.45) is 4.74. The molecule has 1 atom stereocenters. The Hall–Kier alpha value is -2.02. The van der Waals surface area contributed by atoms with E-state index in [9.17, 15) is 9.59 Å². The summed E-state index contributed by atoms with van der Waals surface area (Å²) >= 11 is 0. The molecule has 0 saturated carbocycles. The topological polar surface area (TPSA) is 104 Å². The normalized spacial score (nSPS) is 11.5. The van der Waals surface area contributed by atoms with Crippen molar-refractivity contribution in [3.05, 3.63) is 0 Å². The molecule has 0 fully saturated rings. The van der Waals surface area contributed by atoms with Crippen molar-refractivity contribution >= 4 is 11.8 Å². The van der Waals surface area contributed by atoms with Gasteiger partial charge in [-0.2, -0.15) is 0 Å². The van der Waals surface area contributed by atoms with E-state index in [1.54, 1.807) is 13.8 Å². The fourth-order valence-corrected chi connectivity index (χ4v) is 1.04. The quantitative estimate of drug-likeness (QED) is 0.278. The number of amides is 2. The first-order chi connectivity index (χ1) is 7.82. The molecule has 5 N–H and O–H groups in total. The zero-order valence-electron chi connectivity index (χ0n) is 9.70. The van der Waals surface area contributed by atoms with Crippen molar-refractivity contribution in [2.75, 3.05) is 0 Å². The van der Waals surface area contributed by atoms with E-state index in [2.05, 4.69) is 23.1 Å². The molecule has 0 saturated heterocycles. The maximum Gasteiger partial charge on any atom is 0.267 e. The van der Waals surface area contributed by atoms with Crippen molar-refractivity contribution in [3.8, 4) is 24.2 Å². The van der Waals surface area contributed by atoms with Gasteiger partial charge in [0.2, 0.25) is 5.91 Å². The number of hydroxylamine groups is 1. The average Bonchev–Trinajstić information content (AvgIpc) is 2.23. The van der Waals surface area contributed by atoms with E-state index >= 15 is 0 Å². The molecule has 0 heterocycles. The summed E-state index contributed by atoms with van der Waals surface area (Å²) in [5, 5.41) is 10.9. The van der Waals surface area contributed by atoms with Crippen LogP contribution in [0.3, 0.4) is 0 Å². The number of terminal acetylenes is 1. The number of carbonyl (C=O) groups excluding carboxylic acids is 2. The van der Waals surface area contributed by atoms with Gasteiger partial charge in [-0.05, 0) is 25.7 Å². The van der Waals surface area contributed by atoms with E-state index in [1.165, 1.54) is 5.48 Å². The Morgan fingerprint density at radius 3 is 2.53 bits per heavy atom. The first kappa shape index (κ1) is 15.0. The Morgan fingerprint density at radius 1 is 1.53 bits per heavy atom. The third kappa shape index (κ3) is 5.57. The maximum atomic E-state index is 11.4. The van der Waals surface area contributed by atoms with Gasteiger partial charge in [0.25, 0.3) is 5.91 Å². The van der Waals surface area contributed by atoms with Crippen molar-refractivity contribution in [2.45, 2.75) is 31.8 Å². The molecule has 6 heteroatoms. The number of rotatable bonds is 4. The molecule has 0 unspecified atom stereocenters. The fraction of sp³-hybridized carbons (Fsp3) is 0.455. The van der Waals surface area contributed by atoms with Crippen molar-refractivity contribution < 1.29 is 14.8 Å². The maximum absolute atomic E-state index is 11.4. The predicted molar refractivity (Wildman–Crippen MR) is 61.4 cm³/mol. The Labute approximate surface area is 99.9 Å². The van der Waals surface area contributed by atoms with Crippen LogP contribution >= 0.6 is 0 Å². The molecule has 0 radical (unpaired) electrons. The minimum atomic E-state index is -1.06. The molecule has 0 aliphatic rings. The van der Waals surface area contributed by atoms with E-state index in [-0.39, 0.29) is 6.42 Å². The third-order valence-electron chi connectivity index (χ3n) is 1.83. The first-order valence-electron chi connectivity index (χ1n) is 4.78. The molecule has 0 aliphatic carbocycles. The molecule has 0 aromatic carbocycles. The lowest BCUT2D eigenvalue weighted by Gasteiger charge is -2.29. The molecule has 0 aromatic rings. The highest BCUT2D eigenvalue weighted by atomic mass is 16.5. The number of hydrogen-bond acceptors (Lipinski definition) is 4. The van der Waals surface area contributed by atoms with Gasteiger partial charge in [-0.1, -0.05) is 5.92 Å². The lowest BCUT2D eigenvalue weighted by molar-refractivity contribution is -0.136. The first-order valence-corrected chi connectivity index (χ1v) is 4.78. The van der Waals surface area contributed by atoms with Crippen molar-refractivity contribution in [3.63, 3.8) is 0 Å². The Kier molecular flexibility index (Phi) is 5.76. The van der Waals surface area contributed by atoms with Gasteiger partial charge in [-0.25, -0.2) is 5.48 Å². The Morgan fingerprint density at radius 2 is 2.12 bits per heavy atom. The van der Waals surface area contributed by atoms with Crippen LogP contribution in [-0.4, -0.2) is 28.6 Å². The summed E-state index contributed by atoms with van der Waals surface area (Å²) in [6.45, 7) is 3.08. The van der Waals surface area contributed by atoms with Gasteiger partial charge < -0.3 is 11.1 Å². The summed E-state index contributed by atoms with van der Waals surface area (Å²) < 4.78 is 0. The van der Waals surface area contributed by atoms with Gasteiger partial charge >= 0.3 is 0 Å². The van der Waals surface area contributed by atoms with Gasteiger partial charge in [0.05, 0.1) is 6.42 Å². The number of nitrogens with one attached hydrogen (secondary N) is 2. The monoisotopic (exact) mass is 237 g/mol. The van der Waals surface area contributed by atoms with E-state index < -0.39 is 23.4 Å². The highest BCUT2D eigenvalue weighted by Crippen LogP contribution is 2.05. The molecule has 0 aliphatic heterocycles. The van der Waals surface area contributed by atoms with Crippen LogP contribution in [0.5, 0.6) is 0 Å². The molecule has 2 amide bonds. The zero-order valence-corrected chi connectivity index (χ0v) is 9.70. The second kappa shape index (κ2) is 6.54. The Bertz CT molecular complexity index is 393. The zero-order chi connectivity index (χ0) is 13.5. The van der Waals surface area contributed by atoms with Gasteiger partial charge in [-0.3, -0.25) is 14.8 Å². The van der Waals surface area contributed by atoms with Crippen LogP contribution in [0.15, 0.2) is 0 Å².